The van der Waals surface area contributed by atoms with Gasteiger partial charge in [0.05, 0.1) is 17.7 Å². The first kappa shape index (κ1) is 17.2. The summed E-state index contributed by atoms with van der Waals surface area (Å²) in [5.41, 5.74) is 0.0636. The highest BCUT2D eigenvalue weighted by atomic mass is 35.5. The molecule has 1 amide bonds. The SMILES string of the molecule is COC(=O)CCC(NC(=O)c1cnc(Cl)c(Cl)c1)C(=O)O. The molecule has 1 unspecified atom stereocenters. The summed E-state index contributed by atoms with van der Waals surface area (Å²) in [5, 5.41) is 11.4. The van der Waals surface area contributed by atoms with Gasteiger partial charge in [-0.3, -0.25) is 9.59 Å². The van der Waals surface area contributed by atoms with Crippen molar-refractivity contribution in [1.29, 1.82) is 0 Å². The smallest absolute Gasteiger partial charge is 0.326 e. The number of carboxylic acids is 1. The van der Waals surface area contributed by atoms with Gasteiger partial charge in [-0.05, 0) is 12.5 Å². The predicted octanol–water partition coefficient (Wildman–Crippen LogP) is 1.52. The van der Waals surface area contributed by atoms with E-state index in [1.807, 2.05) is 0 Å². The molecule has 0 radical (unpaired) electrons. The standard InChI is InChI=1S/C12H12Cl2N2O5/c1-21-9(17)3-2-8(12(19)20)16-11(18)6-4-7(13)10(14)15-5-6/h4-5,8H,2-3H2,1H3,(H,16,18)(H,19,20). The molecule has 0 saturated carbocycles. The highest BCUT2D eigenvalue weighted by Crippen LogP contribution is 2.19. The van der Waals surface area contributed by atoms with Crippen LogP contribution in [-0.2, 0) is 14.3 Å². The number of halogens is 2. The second-order valence-electron chi connectivity index (χ2n) is 3.98. The fourth-order valence-electron chi connectivity index (χ4n) is 1.41. The highest BCUT2D eigenvalue weighted by molar-refractivity contribution is 6.41. The molecule has 0 spiro atoms. The molecule has 2 N–H and O–H groups in total. The third kappa shape index (κ3) is 5.20. The zero-order valence-electron chi connectivity index (χ0n) is 10.9. The average Bonchev–Trinajstić information content (AvgIpc) is 2.45. The third-order valence-electron chi connectivity index (χ3n) is 2.53. The van der Waals surface area contributed by atoms with Crippen molar-refractivity contribution in [2.24, 2.45) is 0 Å². The number of methoxy groups -OCH3 is 1. The number of pyridine rings is 1. The number of amides is 1. The van der Waals surface area contributed by atoms with Crippen molar-refractivity contribution in [1.82, 2.24) is 10.3 Å². The van der Waals surface area contributed by atoms with Gasteiger partial charge in [-0.15, -0.1) is 0 Å². The number of hydrogen-bond donors (Lipinski definition) is 2. The van der Waals surface area contributed by atoms with Gasteiger partial charge in [0.15, 0.2) is 0 Å². The van der Waals surface area contributed by atoms with E-state index < -0.39 is 23.9 Å². The molecule has 0 aliphatic heterocycles. The quantitative estimate of drug-likeness (QED) is 0.603. The first-order chi connectivity index (χ1) is 9.85. The first-order valence-corrected chi connectivity index (χ1v) is 6.52. The van der Waals surface area contributed by atoms with Crippen molar-refractivity contribution < 1.29 is 24.2 Å². The minimum Gasteiger partial charge on any atom is -0.480 e. The lowest BCUT2D eigenvalue weighted by Crippen LogP contribution is -2.41. The van der Waals surface area contributed by atoms with E-state index >= 15 is 0 Å². The minimum absolute atomic E-state index is 0.0358. The van der Waals surface area contributed by atoms with Crippen LogP contribution in [0.1, 0.15) is 23.2 Å². The Morgan fingerprint density at radius 3 is 2.62 bits per heavy atom. The molecular formula is C12H12Cl2N2O5. The zero-order valence-corrected chi connectivity index (χ0v) is 12.4. The van der Waals surface area contributed by atoms with Gasteiger partial charge in [0, 0.05) is 12.6 Å². The van der Waals surface area contributed by atoms with Crippen LogP contribution >= 0.6 is 23.2 Å². The number of aromatic nitrogens is 1. The summed E-state index contributed by atoms with van der Waals surface area (Å²) in [6.45, 7) is 0. The number of hydrogen-bond acceptors (Lipinski definition) is 5. The second kappa shape index (κ2) is 7.80. The van der Waals surface area contributed by atoms with Gasteiger partial charge in [-0.2, -0.15) is 0 Å². The van der Waals surface area contributed by atoms with Crippen molar-refractivity contribution >= 4 is 41.0 Å². The maximum atomic E-state index is 11.9. The molecule has 0 bridgehead atoms. The Bertz CT molecular complexity index is 565. The minimum atomic E-state index is -1.26. The summed E-state index contributed by atoms with van der Waals surface area (Å²) in [6.07, 6.45) is 0.943. The van der Waals surface area contributed by atoms with E-state index in [0.717, 1.165) is 0 Å². The molecule has 9 heteroatoms. The van der Waals surface area contributed by atoms with Crippen LogP contribution in [0.25, 0.3) is 0 Å². The Morgan fingerprint density at radius 1 is 1.43 bits per heavy atom. The molecule has 1 aromatic rings. The largest absolute Gasteiger partial charge is 0.480 e. The Hall–Kier alpha value is -1.86. The summed E-state index contributed by atoms with van der Waals surface area (Å²) < 4.78 is 4.41. The summed E-state index contributed by atoms with van der Waals surface area (Å²) in [4.78, 5) is 37.7. The van der Waals surface area contributed by atoms with Crippen molar-refractivity contribution in [2.75, 3.05) is 7.11 Å². The van der Waals surface area contributed by atoms with E-state index in [9.17, 15) is 14.4 Å². The van der Waals surface area contributed by atoms with Gasteiger partial charge in [0.25, 0.3) is 5.91 Å². The Balaban J connectivity index is 2.74. The van der Waals surface area contributed by atoms with Crippen LogP contribution in [0.3, 0.4) is 0 Å². The predicted molar refractivity (Wildman–Crippen MR) is 74.4 cm³/mol. The van der Waals surface area contributed by atoms with E-state index in [1.54, 1.807) is 0 Å². The van der Waals surface area contributed by atoms with E-state index in [1.165, 1.54) is 19.4 Å². The zero-order chi connectivity index (χ0) is 16.0. The van der Waals surface area contributed by atoms with Gasteiger partial charge >= 0.3 is 11.9 Å². The molecule has 1 rings (SSSR count). The fourth-order valence-corrected chi connectivity index (χ4v) is 1.68. The maximum absolute atomic E-state index is 11.9. The van der Waals surface area contributed by atoms with E-state index in [0.29, 0.717) is 0 Å². The topological polar surface area (TPSA) is 106 Å². The normalized spacial score (nSPS) is 11.6. The molecule has 114 valence electrons. The van der Waals surface area contributed by atoms with Crippen molar-refractivity contribution in [3.8, 4) is 0 Å². The number of aliphatic carboxylic acids is 1. The Labute approximate surface area is 130 Å². The van der Waals surface area contributed by atoms with Crippen LogP contribution < -0.4 is 5.32 Å². The number of nitrogens with one attached hydrogen (secondary N) is 1. The lowest BCUT2D eigenvalue weighted by atomic mass is 10.1. The molecule has 0 fully saturated rings. The number of nitrogens with zero attached hydrogens (tertiary/aromatic N) is 1. The average molecular weight is 335 g/mol. The van der Waals surface area contributed by atoms with Crippen molar-refractivity contribution in [2.45, 2.75) is 18.9 Å². The Kier molecular flexibility index (Phi) is 6.39. The molecule has 1 aromatic heterocycles. The number of carbonyl (C=O) groups excluding carboxylic acids is 2. The lowest BCUT2D eigenvalue weighted by Gasteiger charge is -2.14. The second-order valence-corrected chi connectivity index (χ2v) is 4.74. The molecule has 1 atom stereocenters. The van der Waals surface area contributed by atoms with Crippen LogP contribution in [0.5, 0.6) is 0 Å². The molecule has 0 aromatic carbocycles. The summed E-state index contributed by atoms with van der Waals surface area (Å²) in [6, 6.07) is 0.0388. The van der Waals surface area contributed by atoms with E-state index in [4.69, 9.17) is 28.3 Å². The third-order valence-corrected chi connectivity index (χ3v) is 3.21. The number of carboxylic acid groups (broad SMARTS) is 1. The summed E-state index contributed by atoms with van der Waals surface area (Å²) in [5.74, 6) is -2.51. The van der Waals surface area contributed by atoms with Crippen LogP contribution in [0.4, 0.5) is 0 Å². The number of ether oxygens (including phenoxy) is 1. The first-order valence-electron chi connectivity index (χ1n) is 5.76. The number of rotatable bonds is 6. The summed E-state index contributed by atoms with van der Waals surface area (Å²) >= 11 is 11.3. The van der Waals surface area contributed by atoms with Crippen molar-refractivity contribution in [3.63, 3.8) is 0 Å². The highest BCUT2D eigenvalue weighted by Gasteiger charge is 2.22. The number of carbonyl (C=O) groups is 3. The molecule has 7 nitrogen and oxygen atoms in total. The monoisotopic (exact) mass is 334 g/mol. The van der Waals surface area contributed by atoms with Crippen LogP contribution in [0.2, 0.25) is 10.2 Å². The molecule has 21 heavy (non-hydrogen) atoms. The van der Waals surface area contributed by atoms with Gasteiger partial charge < -0.3 is 15.2 Å². The lowest BCUT2D eigenvalue weighted by molar-refractivity contribution is -0.142. The van der Waals surface area contributed by atoms with Crippen molar-refractivity contribution in [3.05, 3.63) is 28.0 Å². The summed E-state index contributed by atoms with van der Waals surface area (Å²) in [7, 11) is 1.19. The Morgan fingerprint density at radius 2 is 2.10 bits per heavy atom. The fraction of sp³-hybridized carbons (Fsp3) is 0.333. The van der Waals surface area contributed by atoms with Gasteiger partial charge in [0.1, 0.15) is 11.2 Å². The maximum Gasteiger partial charge on any atom is 0.326 e. The van der Waals surface area contributed by atoms with E-state index in [2.05, 4.69) is 15.0 Å². The molecule has 1 heterocycles. The van der Waals surface area contributed by atoms with Crippen LogP contribution in [0.15, 0.2) is 12.3 Å². The van der Waals surface area contributed by atoms with Crippen LogP contribution in [0, 0.1) is 0 Å². The number of esters is 1. The van der Waals surface area contributed by atoms with Gasteiger partial charge in [-0.1, -0.05) is 23.2 Å². The molecule has 0 aliphatic rings. The van der Waals surface area contributed by atoms with Gasteiger partial charge in [-0.25, -0.2) is 9.78 Å². The van der Waals surface area contributed by atoms with Gasteiger partial charge in [0.2, 0.25) is 0 Å². The molecule has 0 saturated heterocycles. The van der Waals surface area contributed by atoms with E-state index in [-0.39, 0.29) is 28.6 Å². The molecular weight excluding hydrogens is 323 g/mol. The molecule has 0 aliphatic carbocycles. The van der Waals surface area contributed by atoms with Crippen LogP contribution in [-0.4, -0.2) is 41.1 Å².